The first kappa shape index (κ1) is 13.6. The van der Waals surface area contributed by atoms with Crippen LogP contribution in [-0.4, -0.2) is 47.1 Å². The maximum Gasteiger partial charge on any atom is 0.270 e. The van der Waals surface area contributed by atoms with Gasteiger partial charge in [-0.1, -0.05) is 12.1 Å². The minimum absolute atomic E-state index is 0.100. The van der Waals surface area contributed by atoms with Crippen molar-refractivity contribution in [2.45, 2.75) is 18.9 Å². The average Bonchev–Trinajstić information content (AvgIpc) is 3.06. The summed E-state index contributed by atoms with van der Waals surface area (Å²) in [7, 11) is 0. The Morgan fingerprint density at radius 2 is 2.09 bits per heavy atom. The third-order valence-electron chi connectivity index (χ3n) is 5.04. The summed E-state index contributed by atoms with van der Waals surface area (Å²) in [4.78, 5) is 15.3. The van der Waals surface area contributed by atoms with Crippen molar-refractivity contribution in [1.29, 1.82) is 0 Å². The average molecular weight is 301 g/mol. The summed E-state index contributed by atoms with van der Waals surface area (Å²) in [5, 5.41) is 10.9. The van der Waals surface area contributed by atoms with Gasteiger partial charge in [0.05, 0.1) is 4.92 Å². The van der Waals surface area contributed by atoms with Crippen molar-refractivity contribution >= 4 is 11.4 Å². The van der Waals surface area contributed by atoms with E-state index in [-0.39, 0.29) is 10.6 Å². The lowest BCUT2D eigenvalue weighted by Crippen LogP contribution is -2.55. The van der Waals surface area contributed by atoms with Gasteiger partial charge in [0.1, 0.15) is 5.76 Å². The van der Waals surface area contributed by atoms with Crippen molar-refractivity contribution in [3.05, 3.63) is 46.1 Å². The largest absolute Gasteiger partial charge is 0.471 e. The van der Waals surface area contributed by atoms with Crippen molar-refractivity contribution in [3.63, 3.8) is 0 Å². The number of hydrogen-bond donors (Lipinski definition) is 0. The first-order valence-electron chi connectivity index (χ1n) is 7.78. The van der Waals surface area contributed by atoms with Gasteiger partial charge in [-0.25, -0.2) is 0 Å². The monoisotopic (exact) mass is 301 g/mol. The van der Waals surface area contributed by atoms with Gasteiger partial charge < -0.3 is 14.5 Å². The zero-order chi connectivity index (χ0) is 15.1. The van der Waals surface area contributed by atoms with Crippen molar-refractivity contribution in [2.75, 3.05) is 26.4 Å². The number of nitro groups is 1. The van der Waals surface area contributed by atoms with E-state index in [2.05, 4.69) is 9.80 Å². The molecule has 4 aliphatic rings. The Morgan fingerprint density at radius 1 is 1.27 bits per heavy atom. The zero-order valence-electron chi connectivity index (χ0n) is 12.4. The van der Waals surface area contributed by atoms with Crippen LogP contribution in [0.1, 0.15) is 18.4 Å². The lowest BCUT2D eigenvalue weighted by molar-refractivity contribution is -0.384. The second-order valence-corrected chi connectivity index (χ2v) is 6.29. The summed E-state index contributed by atoms with van der Waals surface area (Å²) in [5.41, 5.74) is 0.876. The topological polar surface area (TPSA) is 58.9 Å². The predicted molar refractivity (Wildman–Crippen MR) is 81.8 cm³/mol. The molecule has 0 unspecified atom stereocenters. The van der Waals surface area contributed by atoms with E-state index in [1.807, 2.05) is 12.3 Å². The third kappa shape index (κ3) is 2.33. The van der Waals surface area contributed by atoms with Crippen LogP contribution in [0.2, 0.25) is 0 Å². The Labute approximate surface area is 129 Å². The lowest BCUT2D eigenvalue weighted by Gasteiger charge is -2.47. The quantitative estimate of drug-likeness (QED) is 0.633. The number of rotatable bonds is 3. The molecule has 0 radical (unpaired) electrons. The maximum atomic E-state index is 10.9. The van der Waals surface area contributed by atoms with Gasteiger partial charge in [-0.3, -0.25) is 10.1 Å². The Hall–Kier alpha value is -2.08. The van der Waals surface area contributed by atoms with Gasteiger partial charge in [0.15, 0.2) is 6.73 Å². The summed E-state index contributed by atoms with van der Waals surface area (Å²) in [6.45, 7) is 4.09. The first-order valence-corrected chi connectivity index (χ1v) is 7.78. The number of fused-ring (bicyclic) bond motifs is 3. The van der Waals surface area contributed by atoms with Crippen LogP contribution in [0.4, 0.5) is 5.69 Å². The SMILES string of the molecule is O=[N+]([O-])c1cccc(C2=CN([C@H]3CN4CCC3CC4)CO2)c1. The Balaban J connectivity index is 1.55. The van der Waals surface area contributed by atoms with E-state index in [4.69, 9.17) is 4.74 Å². The van der Waals surface area contributed by atoms with Gasteiger partial charge >= 0.3 is 0 Å². The molecule has 2 bridgehead atoms. The molecule has 22 heavy (non-hydrogen) atoms. The van der Waals surface area contributed by atoms with Crippen LogP contribution in [0.25, 0.3) is 5.76 Å². The van der Waals surface area contributed by atoms with E-state index >= 15 is 0 Å². The molecular formula is C16H19N3O3. The molecule has 4 heterocycles. The van der Waals surface area contributed by atoms with Crippen LogP contribution in [0.3, 0.4) is 0 Å². The Morgan fingerprint density at radius 3 is 2.77 bits per heavy atom. The maximum absolute atomic E-state index is 10.9. The molecule has 0 saturated carbocycles. The molecule has 1 atom stereocenters. The van der Waals surface area contributed by atoms with E-state index in [1.165, 1.54) is 32.0 Å². The predicted octanol–water partition coefficient (Wildman–Crippen LogP) is 2.28. The summed E-state index contributed by atoms with van der Waals surface area (Å²) in [6.07, 6.45) is 4.56. The van der Waals surface area contributed by atoms with Gasteiger partial charge in [-0.05, 0) is 31.8 Å². The molecule has 1 aromatic carbocycles. The minimum Gasteiger partial charge on any atom is -0.471 e. The van der Waals surface area contributed by atoms with Gasteiger partial charge in [0, 0.05) is 36.5 Å². The zero-order valence-corrected chi connectivity index (χ0v) is 12.4. The van der Waals surface area contributed by atoms with Crippen molar-refractivity contribution in [1.82, 2.24) is 9.80 Å². The number of nitro benzene ring substituents is 1. The van der Waals surface area contributed by atoms with Crippen LogP contribution in [0, 0.1) is 16.0 Å². The highest BCUT2D eigenvalue weighted by Gasteiger charge is 2.38. The Bertz CT molecular complexity index is 623. The minimum atomic E-state index is -0.371. The molecule has 0 spiro atoms. The molecule has 0 N–H and O–H groups in total. The molecule has 6 heteroatoms. The fourth-order valence-electron chi connectivity index (χ4n) is 3.80. The number of benzene rings is 1. The molecule has 4 aliphatic heterocycles. The molecule has 0 aromatic heterocycles. The highest BCUT2D eigenvalue weighted by molar-refractivity contribution is 5.63. The summed E-state index contributed by atoms with van der Waals surface area (Å²) in [5.74, 6) is 1.48. The fraction of sp³-hybridized carbons (Fsp3) is 0.500. The van der Waals surface area contributed by atoms with E-state index in [0.29, 0.717) is 12.8 Å². The van der Waals surface area contributed by atoms with Gasteiger partial charge in [0.25, 0.3) is 5.69 Å². The number of ether oxygens (including phenoxy) is 1. The van der Waals surface area contributed by atoms with Crippen LogP contribution in [0.5, 0.6) is 0 Å². The second kappa shape index (κ2) is 5.28. The van der Waals surface area contributed by atoms with Crippen LogP contribution < -0.4 is 0 Å². The highest BCUT2D eigenvalue weighted by atomic mass is 16.6. The number of nitrogens with zero attached hydrogens (tertiary/aromatic N) is 3. The van der Waals surface area contributed by atoms with Crippen LogP contribution >= 0.6 is 0 Å². The Kier molecular flexibility index (Phi) is 3.26. The number of piperidine rings is 3. The molecule has 3 saturated heterocycles. The second-order valence-electron chi connectivity index (χ2n) is 6.29. The van der Waals surface area contributed by atoms with Crippen LogP contribution in [-0.2, 0) is 4.74 Å². The lowest BCUT2D eigenvalue weighted by atomic mass is 9.83. The van der Waals surface area contributed by atoms with Crippen molar-refractivity contribution in [3.8, 4) is 0 Å². The van der Waals surface area contributed by atoms with E-state index in [1.54, 1.807) is 12.1 Å². The molecule has 6 nitrogen and oxygen atoms in total. The van der Waals surface area contributed by atoms with Crippen molar-refractivity contribution < 1.29 is 9.66 Å². The molecular weight excluding hydrogens is 282 g/mol. The highest BCUT2D eigenvalue weighted by Crippen LogP contribution is 2.34. The fourth-order valence-corrected chi connectivity index (χ4v) is 3.80. The van der Waals surface area contributed by atoms with E-state index in [0.717, 1.165) is 23.8 Å². The third-order valence-corrected chi connectivity index (χ3v) is 5.04. The van der Waals surface area contributed by atoms with Crippen LogP contribution in [0.15, 0.2) is 30.5 Å². The molecule has 5 rings (SSSR count). The van der Waals surface area contributed by atoms with Gasteiger partial charge in [0.2, 0.25) is 0 Å². The number of hydrogen-bond acceptors (Lipinski definition) is 5. The molecule has 0 amide bonds. The number of non-ortho nitro benzene ring substituents is 1. The van der Waals surface area contributed by atoms with E-state index < -0.39 is 0 Å². The summed E-state index contributed by atoms with van der Waals surface area (Å²) in [6, 6.07) is 7.16. The van der Waals surface area contributed by atoms with Gasteiger partial charge in [-0.15, -0.1) is 0 Å². The summed E-state index contributed by atoms with van der Waals surface area (Å²) < 4.78 is 5.79. The van der Waals surface area contributed by atoms with Crippen molar-refractivity contribution in [2.24, 2.45) is 5.92 Å². The molecule has 0 aliphatic carbocycles. The smallest absolute Gasteiger partial charge is 0.270 e. The van der Waals surface area contributed by atoms with Gasteiger partial charge in [-0.2, -0.15) is 0 Å². The molecule has 1 aromatic rings. The first-order chi connectivity index (χ1) is 10.7. The van der Waals surface area contributed by atoms with E-state index in [9.17, 15) is 10.1 Å². The normalized spacial score (nSPS) is 30.1. The molecule has 3 fully saturated rings. The molecule has 116 valence electrons. The summed E-state index contributed by atoms with van der Waals surface area (Å²) >= 11 is 0. The standard InChI is InChI=1S/C16H19N3O3/c20-19(21)14-3-1-2-13(8-14)16-10-18(11-22-16)15-9-17-6-4-12(15)5-7-17/h1-3,8,10,12,15H,4-7,9,11H2/t15-/m0/s1.